The molecule has 0 aliphatic heterocycles. The Labute approximate surface area is 95.2 Å². The summed E-state index contributed by atoms with van der Waals surface area (Å²) in [5, 5.41) is 1.34. The first-order valence-electron chi connectivity index (χ1n) is 4.60. The summed E-state index contributed by atoms with van der Waals surface area (Å²) in [5.41, 5.74) is 6.67. The second kappa shape index (κ2) is 4.09. The molecule has 0 saturated carbocycles. The van der Waals surface area contributed by atoms with Crippen molar-refractivity contribution in [3.8, 4) is 0 Å². The third-order valence-electron chi connectivity index (χ3n) is 2.71. The molecule has 1 nitrogen and oxygen atoms in total. The average Bonchev–Trinajstić information content (AvgIpc) is 2.08. The molecule has 0 aliphatic carbocycles. The van der Waals surface area contributed by atoms with E-state index in [1.807, 2.05) is 13.0 Å². The summed E-state index contributed by atoms with van der Waals surface area (Å²) in [6, 6.07) is 5.39. The summed E-state index contributed by atoms with van der Waals surface area (Å²) in [6.45, 7) is 6.10. The summed E-state index contributed by atoms with van der Waals surface area (Å²) >= 11 is 12.0. The molecule has 1 aromatic rings. The Balaban J connectivity index is 3.24. The van der Waals surface area contributed by atoms with Crippen LogP contribution in [0.1, 0.15) is 26.3 Å². The first-order chi connectivity index (χ1) is 6.35. The molecule has 3 heteroatoms. The maximum Gasteiger partial charge on any atom is 0.0457 e. The van der Waals surface area contributed by atoms with E-state index < -0.39 is 5.54 Å². The summed E-state index contributed by atoms with van der Waals surface area (Å²) in [6.07, 6.45) is 0. The quantitative estimate of drug-likeness (QED) is 0.823. The first-order valence-corrected chi connectivity index (χ1v) is 5.35. The zero-order valence-electron chi connectivity index (χ0n) is 8.64. The van der Waals surface area contributed by atoms with Crippen molar-refractivity contribution in [3.05, 3.63) is 33.8 Å². The van der Waals surface area contributed by atoms with Gasteiger partial charge in [-0.25, -0.2) is 0 Å². The number of rotatable bonds is 2. The van der Waals surface area contributed by atoms with Gasteiger partial charge in [-0.3, -0.25) is 0 Å². The van der Waals surface area contributed by atoms with E-state index in [-0.39, 0.29) is 0 Å². The van der Waals surface area contributed by atoms with Gasteiger partial charge in [0.2, 0.25) is 0 Å². The molecule has 0 aromatic heterocycles. The van der Waals surface area contributed by atoms with Gasteiger partial charge in [-0.15, -0.1) is 0 Å². The largest absolute Gasteiger partial charge is 0.321 e. The second-order valence-corrected chi connectivity index (χ2v) is 4.91. The van der Waals surface area contributed by atoms with Crippen molar-refractivity contribution in [2.45, 2.75) is 26.3 Å². The summed E-state index contributed by atoms with van der Waals surface area (Å²) < 4.78 is 0. The Morgan fingerprint density at radius 3 is 2.36 bits per heavy atom. The fourth-order valence-corrected chi connectivity index (χ4v) is 1.71. The van der Waals surface area contributed by atoms with E-state index in [2.05, 4.69) is 13.8 Å². The van der Waals surface area contributed by atoms with Gasteiger partial charge in [-0.2, -0.15) is 0 Å². The fraction of sp³-hybridized carbons (Fsp3) is 0.455. The molecular formula is C11H15Cl2N. The van der Waals surface area contributed by atoms with Crippen LogP contribution in [0.4, 0.5) is 0 Å². The Hall–Kier alpha value is -0.240. The molecule has 2 N–H and O–H groups in total. The highest BCUT2D eigenvalue weighted by molar-refractivity contribution is 6.33. The number of hydrogen-bond acceptors (Lipinski definition) is 1. The van der Waals surface area contributed by atoms with Crippen LogP contribution in [0.3, 0.4) is 0 Å². The lowest BCUT2D eigenvalue weighted by molar-refractivity contribution is 0.351. The van der Waals surface area contributed by atoms with Crippen molar-refractivity contribution in [2.24, 2.45) is 11.7 Å². The molecule has 0 saturated heterocycles. The third-order valence-corrected chi connectivity index (χ3v) is 3.27. The van der Waals surface area contributed by atoms with E-state index in [1.54, 1.807) is 12.1 Å². The van der Waals surface area contributed by atoms with Crippen LogP contribution in [0.25, 0.3) is 0 Å². The fourth-order valence-electron chi connectivity index (χ4n) is 1.22. The van der Waals surface area contributed by atoms with Crippen LogP contribution < -0.4 is 5.73 Å². The van der Waals surface area contributed by atoms with E-state index in [0.717, 1.165) is 5.56 Å². The number of benzene rings is 1. The first kappa shape index (κ1) is 11.8. The molecule has 0 unspecified atom stereocenters. The van der Waals surface area contributed by atoms with Gasteiger partial charge in [-0.1, -0.05) is 37.0 Å². The van der Waals surface area contributed by atoms with Crippen LogP contribution in [0.15, 0.2) is 18.2 Å². The van der Waals surface area contributed by atoms with Gasteiger partial charge in [0, 0.05) is 15.6 Å². The summed E-state index contributed by atoms with van der Waals surface area (Å²) in [5.74, 6) is 0.304. The zero-order chi connectivity index (χ0) is 10.9. The number of halogens is 2. The van der Waals surface area contributed by atoms with E-state index in [4.69, 9.17) is 28.9 Å². The summed E-state index contributed by atoms with van der Waals surface area (Å²) in [7, 11) is 0. The minimum Gasteiger partial charge on any atom is -0.321 e. The Bertz CT molecular complexity index is 332. The van der Waals surface area contributed by atoms with Crippen molar-refractivity contribution in [1.82, 2.24) is 0 Å². The minimum atomic E-state index is -0.442. The molecule has 78 valence electrons. The van der Waals surface area contributed by atoms with Gasteiger partial charge in [0.25, 0.3) is 0 Å². The Morgan fingerprint density at radius 2 is 1.86 bits per heavy atom. The van der Waals surface area contributed by atoms with Gasteiger partial charge in [0.1, 0.15) is 0 Å². The molecule has 0 amide bonds. The number of hydrogen-bond donors (Lipinski definition) is 1. The molecular weight excluding hydrogens is 217 g/mol. The van der Waals surface area contributed by atoms with Crippen molar-refractivity contribution < 1.29 is 0 Å². The second-order valence-electron chi connectivity index (χ2n) is 4.06. The Morgan fingerprint density at radius 1 is 1.29 bits per heavy atom. The lowest BCUT2D eigenvalue weighted by Crippen LogP contribution is -2.38. The van der Waals surface area contributed by atoms with E-state index in [1.165, 1.54) is 0 Å². The molecule has 1 atom stereocenters. The van der Waals surface area contributed by atoms with Gasteiger partial charge in [0.05, 0.1) is 0 Å². The predicted octanol–water partition coefficient (Wildman–Crippen LogP) is 3.82. The van der Waals surface area contributed by atoms with Gasteiger partial charge < -0.3 is 5.73 Å². The molecule has 0 heterocycles. The number of nitrogens with two attached hydrogens (primary N) is 1. The van der Waals surface area contributed by atoms with Crippen LogP contribution in [-0.4, -0.2) is 0 Å². The van der Waals surface area contributed by atoms with Crippen LogP contribution in [0, 0.1) is 5.92 Å². The molecule has 0 fully saturated rings. The molecule has 14 heavy (non-hydrogen) atoms. The smallest absolute Gasteiger partial charge is 0.0457 e. The normalized spacial score (nSPS) is 15.6. The van der Waals surface area contributed by atoms with Crippen LogP contribution in [-0.2, 0) is 5.54 Å². The molecule has 0 spiro atoms. The Kier molecular flexibility index (Phi) is 3.46. The molecule has 0 aliphatic rings. The monoisotopic (exact) mass is 231 g/mol. The van der Waals surface area contributed by atoms with Crippen LogP contribution >= 0.6 is 23.2 Å². The SMILES string of the molecule is CC(C)[C@](C)(N)c1cc(Cl)ccc1Cl. The van der Waals surface area contributed by atoms with E-state index in [9.17, 15) is 0 Å². The highest BCUT2D eigenvalue weighted by Gasteiger charge is 2.27. The lowest BCUT2D eigenvalue weighted by atomic mass is 9.83. The van der Waals surface area contributed by atoms with Gasteiger partial charge in [-0.05, 0) is 36.6 Å². The topological polar surface area (TPSA) is 26.0 Å². The van der Waals surface area contributed by atoms with Gasteiger partial charge >= 0.3 is 0 Å². The predicted molar refractivity (Wildman–Crippen MR) is 62.8 cm³/mol. The van der Waals surface area contributed by atoms with Crippen molar-refractivity contribution in [3.63, 3.8) is 0 Å². The maximum absolute atomic E-state index is 6.21. The van der Waals surface area contributed by atoms with E-state index in [0.29, 0.717) is 16.0 Å². The van der Waals surface area contributed by atoms with Gasteiger partial charge in [0.15, 0.2) is 0 Å². The van der Waals surface area contributed by atoms with Crippen molar-refractivity contribution >= 4 is 23.2 Å². The van der Waals surface area contributed by atoms with Crippen molar-refractivity contribution in [1.29, 1.82) is 0 Å². The van der Waals surface area contributed by atoms with Crippen LogP contribution in [0.5, 0.6) is 0 Å². The highest BCUT2D eigenvalue weighted by atomic mass is 35.5. The average molecular weight is 232 g/mol. The summed E-state index contributed by atoms with van der Waals surface area (Å²) in [4.78, 5) is 0. The zero-order valence-corrected chi connectivity index (χ0v) is 10.2. The van der Waals surface area contributed by atoms with Crippen molar-refractivity contribution in [2.75, 3.05) is 0 Å². The highest BCUT2D eigenvalue weighted by Crippen LogP contribution is 2.33. The van der Waals surface area contributed by atoms with E-state index >= 15 is 0 Å². The molecule has 0 bridgehead atoms. The van der Waals surface area contributed by atoms with Crippen LogP contribution in [0.2, 0.25) is 10.0 Å². The maximum atomic E-state index is 6.21. The standard InChI is InChI=1S/C11H15Cl2N/c1-7(2)11(3,14)9-6-8(12)4-5-10(9)13/h4-7H,14H2,1-3H3/t11-/m0/s1. The third kappa shape index (κ3) is 2.22. The minimum absolute atomic E-state index is 0.304. The molecule has 1 aromatic carbocycles. The molecule has 1 rings (SSSR count). The molecule has 0 radical (unpaired) electrons. The lowest BCUT2D eigenvalue weighted by Gasteiger charge is -2.30.